The summed E-state index contributed by atoms with van der Waals surface area (Å²) in [6, 6.07) is 0.471. The second-order valence-electron chi connectivity index (χ2n) is 5.74. The number of nitrogens with two attached hydrogens (primary N) is 1. The van der Waals surface area contributed by atoms with E-state index in [9.17, 15) is 0 Å². The van der Waals surface area contributed by atoms with Crippen molar-refractivity contribution in [2.45, 2.75) is 57.9 Å². The van der Waals surface area contributed by atoms with E-state index < -0.39 is 0 Å². The van der Waals surface area contributed by atoms with E-state index in [1.54, 1.807) is 0 Å². The minimum atomic E-state index is 0.471. The van der Waals surface area contributed by atoms with Crippen LogP contribution in [0.1, 0.15) is 51.9 Å². The van der Waals surface area contributed by atoms with Gasteiger partial charge < -0.3 is 11.1 Å². The number of nitrogens with one attached hydrogen (secondary N) is 1. The Morgan fingerprint density at radius 1 is 1.33 bits per heavy atom. The Hall–Kier alpha value is -0.0800. The summed E-state index contributed by atoms with van der Waals surface area (Å²) in [6.45, 7) is 4.70. The van der Waals surface area contributed by atoms with Gasteiger partial charge in [-0.3, -0.25) is 0 Å². The summed E-state index contributed by atoms with van der Waals surface area (Å²) < 4.78 is 0. The van der Waals surface area contributed by atoms with Crippen molar-refractivity contribution in [1.82, 2.24) is 5.32 Å². The van der Waals surface area contributed by atoms with Crippen LogP contribution in [0, 0.1) is 11.3 Å². The first-order chi connectivity index (χ1) is 7.26. The quantitative estimate of drug-likeness (QED) is 0.706. The molecule has 0 bridgehead atoms. The highest BCUT2D eigenvalue weighted by molar-refractivity contribution is 4.94. The molecule has 15 heavy (non-hydrogen) atoms. The van der Waals surface area contributed by atoms with Crippen LogP contribution in [-0.2, 0) is 0 Å². The van der Waals surface area contributed by atoms with Gasteiger partial charge in [-0.15, -0.1) is 0 Å². The zero-order valence-electron chi connectivity index (χ0n) is 10.1. The van der Waals surface area contributed by atoms with Gasteiger partial charge in [0.1, 0.15) is 0 Å². The highest BCUT2D eigenvalue weighted by atomic mass is 14.9. The maximum Gasteiger partial charge on any atom is 0.00792 e. The molecule has 0 aliphatic heterocycles. The number of hydrogen-bond donors (Lipinski definition) is 2. The van der Waals surface area contributed by atoms with Crippen molar-refractivity contribution in [3.05, 3.63) is 0 Å². The van der Waals surface area contributed by atoms with Crippen LogP contribution in [0.25, 0.3) is 0 Å². The van der Waals surface area contributed by atoms with Gasteiger partial charge in [0.05, 0.1) is 0 Å². The Morgan fingerprint density at radius 3 is 2.67 bits per heavy atom. The predicted octanol–water partition coefficient (Wildman–Crippen LogP) is 2.28. The molecule has 2 nitrogen and oxygen atoms in total. The zero-order chi connectivity index (χ0) is 10.7. The lowest BCUT2D eigenvalue weighted by atomic mass is 9.99. The van der Waals surface area contributed by atoms with E-state index >= 15 is 0 Å². The first-order valence-corrected chi connectivity index (χ1v) is 6.72. The Balaban J connectivity index is 1.62. The topological polar surface area (TPSA) is 38.0 Å². The van der Waals surface area contributed by atoms with Crippen LogP contribution in [0.4, 0.5) is 0 Å². The molecule has 3 N–H and O–H groups in total. The van der Waals surface area contributed by atoms with Gasteiger partial charge in [-0.25, -0.2) is 0 Å². The van der Waals surface area contributed by atoms with Gasteiger partial charge in [-0.2, -0.15) is 0 Å². The van der Waals surface area contributed by atoms with Crippen molar-refractivity contribution < 1.29 is 0 Å². The summed E-state index contributed by atoms with van der Waals surface area (Å²) >= 11 is 0. The van der Waals surface area contributed by atoms with Gasteiger partial charge in [0.2, 0.25) is 0 Å². The third kappa shape index (κ3) is 2.94. The van der Waals surface area contributed by atoms with Crippen LogP contribution in [-0.4, -0.2) is 19.1 Å². The van der Waals surface area contributed by atoms with Gasteiger partial charge in [-0.1, -0.05) is 19.8 Å². The molecular weight excluding hydrogens is 184 g/mol. The standard InChI is InChI=1S/C13H26N2/c1-2-6-13(7-8-13)10-15-9-11-4-3-5-12(11)14/h11-12,15H,2-10,14H2,1H3. The van der Waals surface area contributed by atoms with Crippen LogP contribution in [0.3, 0.4) is 0 Å². The van der Waals surface area contributed by atoms with Crippen molar-refractivity contribution in [2.24, 2.45) is 17.1 Å². The molecule has 0 aromatic rings. The van der Waals surface area contributed by atoms with E-state index in [0.29, 0.717) is 11.5 Å². The summed E-state index contributed by atoms with van der Waals surface area (Å²) in [5.41, 5.74) is 6.76. The summed E-state index contributed by atoms with van der Waals surface area (Å²) in [5, 5.41) is 3.67. The van der Waals surface area contributed by atoms with Crippen LogP contribution in [0.15, 0.2) is 0 Å². The molecule has 0 radical (unpaired) electrons. The molecule has 0 amide bonds. The van der Waals surface area contributed by atoms with E-state index in [1.165, 1.54) is 51.5 Å². The van der Waals surface area contributed by atoms with Crippen LogP contribution in [0.2, 0.25) is 0 Å². The summed E-state index contributed by atoms with van der Waals surface area (Å²) in [5.74, 6) is 0.752. The molecule has 2 fully saturated rings. The fourth-order valence-corrected chi connectivity index (χ4v) is 3.06. The molecular formula is C13H26N2. The average molecular weight is 210 g/mol. The van der Waals surface area contributed by atoms with Gasteiger partial charge in [0.15, 0.2) is 0 Å². The third-order valence-corrected chi connectivity index (χ3v) is 4.36. The minimum Gasteiger partial charge on any atom is -0.327 e. The fraction of sp³-hybridized carbons (Fsp3) is 1.00. The van der Waals surface area contributed by atoms with Crippen molar-refractivity contribution in [3.8, 4) is 0 Å². The zero-order valence-corrected chi connectivity index (χ0v) is 10.1. The number of rotatable bonds is 6. The Kier molecular flexibility index (Phi) is 3.68. The van der Waals surface area contributed by atoms with Gasteiger partial charge in [0.25, 0.3) is 0 Å². The number of hydrogen-bond acceptors (Lipinski definition) is 2. The SMILES string of the molecule is CCCC1(CNCC2CCCC2N)CC1. The molecule has 0 aromatic carbocycles. The van der Waals surface area contributed by atoms with Gasteiger partial charge in [-0.05, 0) is 50.0 Å². The van der Waals surface area contributed by atoms with E-state index in [1.807, 2.05) is 0 Å². The third-order valence-electron chi connectivity index (χ3n) is 4.36. The molecule has 2 aliphatic rings. The summed E-state index contributed by atoms with van der Waals surface area (Å²) in [4.78, 5) is 0. The van der Waals surface area contributed by atoms with E-state index in [0.717, 1.165) is 12.5 Å². The van der Waals surface area contributed by atoms with Gasteiger partial charge in [0, 0.05) is 12.6 Å². The maximum atomic E-state index is 6.06. The highest BCUT2D eigenvalue weighted by Gasteiger charge is 2.41. The smallest absolute Gasteiger partial charge is 0.00792 e. The molecule has 2 aliphatic carbocycles. The Morgan fingerprint density at radius 2 is 2.13 bits per heavy atom. The summed E-state index contributed by atoms with van der Waals surface area (Å²) in [6.07, 6.45) is 9.57. The van der Waals surface area contributed by atoms with E-state index in [-0.39, 0.29) is 0 Å². The van der Waals surface area contributed by atoms with Crippen molar-refractivity contribution in [2.75, 3.05) is 13.1 Å². The van der Waals surface area contributed by atoms with Crippen LogP contribution in [0.5, 0.6) is 0 Å². The molecule has 0 heterocycles. The summed E-state index contributed by atoms with van der Waals surface area (Å²) in [7, 11) is 0. The largest absolute Gasteiger partial charge is 0.327 e. The fourth-order valence-electron chi connectivity index (χ4n) is 3.06. The normalized spacial score (nSPS) is 33.2. The molecule has 2 rings (SSSR count). The second-order valence-corrected chi connectivity index (χ2v) is 5.74. The molecule has 0 saturated heterocycles. The van der Waals surface area contributed by atoms with Crippen LogP contribution < -0.4 is 11.1 Å². The molecule has 0 spiro atoms. The predicted molar refractivity (Wildman–Crippen MR) is 64.8 cm³/mol. The Bertz CT molecular complexity index is 199. The minimum absolute atomic E-state index is 0.471. The molecule has 2 saturated carbocycles. The Labute approximate surface area is 94.0 Å². The molecule has 0 aromatic heterocycles. The first-order valence-electron chi connectivity index (χ1n) is 6.72. The average Bonchev–Trinajstić information content (AvgIpc) is 2.85. The lowest BCUT2D eigenvalue weighted by Crippen LogP contribution is -2.35. The second kappa shape index (κ2) is 4.84. The maximum absolute atomic E-state index is 6.06. The van der Waals surface area contributed by atoms with E-state index in [4.69, 9.17) is 5.73 Å². The van der Waals surface area contributed by atoms with E-state index in [2.05, 4.69) is 12.2 Å². The van der Waals surface area contributed by atoms with Crippen molar-refractivity contribution >= 4 is 0 Å². The molecule has 2 unspecified atom stereocenters. The molecule has 2 heteroatoms. The lowest BCUT2D eigenvalue weighted by molar-refractivity contribution is 0.378. The lowest BCUT2D eigenvalue weighted by Gasteiger charge is -2.19. The highest BCUT2D eigenvalue weighted by Crippen LogP contribution is 2.48. The molecule has 2 atom stereocenters. The van der Waals surface area contributed by atoms with Crippen molar-refractivity contribution in [3.63, 3.8) is 0 Å². The molecule has 88 valence electrons. The van der Waals surface area contributed by atoms with Crippen LogP contribution >= 0.6 is 0 Å². The van der Waals surface area contributed by atoms with Crippen molar-refractivity contribution in [1.29, 1.82) is 0 Å². The monoisotopic (exact) mass is 210 g/mol. The van der Waals surface area contributed by atoms with Gasteiger partial charge >= 0.3 is 0 Å². The first kappa shape index (κ1) is 11.4.